The summed E-state index contributed by atoms with van der Waals surface area (Å²) in [5.74, 6) is -1.55. The molecular formula is C15H12BrN3O5S. The van der Waals surface area contributed by atoms with Crippen LogP contribution in [0.2, 0.25) is 0 Å². The van der Waals surface area contributed by atoms with Crippen molar-refractivity contribution >= 4 is 50.0 Å². The second kappa shape index (κ2) is 7.31. The largest absolute Gasteiger partial charge is 0.463 e. The normalized spacial score (nSPS) is 12.3. The summed E-state index contributed by atoms with van der Waals surface area (Å²) in [5, 5.41) is 21.7. The lowest BCUT2D eigenvalue weighted by Gasteiger charge is -2.20. The molecule has 3 aromatic rings. The Balaban J connectivity index is 1.75. The van der Waals surface area contributed by atoms with E-state index in [1.54, 1.807) is 24.4 Å². The van der Waals surface area contributed by atoms with Crippen molar-refractivity contribution in [3.63, 3.8) is 0 Å². The molecule has 130 valence electrons. The molecule has 3 aromatic heterocycles. The zero-order valence-corrected chi connectivity index (χ0v) is 14.9. The lowest BCUT2D eigenvalue weighted by atomic mass is 10.3. The van der Waals surface area contributed by atoms with Gasteiger partial charge in [-0.15, -0.1) is 11.3 Å². The molecular weight excluding hydrogens is 414 g/mol. The number of aromatic nitrogens is 2. The monoisotopic (exact) mass is 425 g/mol. The fraction of sp³-hybridized carbons (Fsp3) is 0.133. The van der Waals surface area contributed by atoms with Crippen molar-refractivity contribution in [1.82, 2.24) is 15.3 Å². The number of rotatable bonds is 6. The molecule has 0 fully saturated rings. The molecule has 25 heavy (non-hydrogen) atoms. The van der Waals surface area contributed by atoms with Crippen molar-refractivity contribution in [1.29, 1.82) is 0 Å². The lowest BCUT2D eigenvalue weighted by Crippen LogP contribution is -2.49. The Morgan fingerprint density at radius 2 is 2.12 bits per heavy atom. The summed E-state index contributed by atoms with van der Waals surface area (Å²) in [6.07, 6.45) is -0.509. The van der Waals surface area contributed by atoms with Gasteiger partial charge in [0, 0.05) is 12.4 Å². The van der Waals surface area contributed by atoms with Gasteiger partial charge in [-0.3, -0.25) is 9.59 Å². The van der Waals surface area contributed by atoms with Crippen LogP contribution in [0.4, 0.5) is 0 Å². The number of amides is 1. The number of nitrogens with zero attached hydrogens (tertiary/aromatic N) is 1. The molecule has 0 spiro atoms. The molecule has 1 atom stereocenters. The quantitative estimate of drug-likeness (QED) is 0.268. The van der Waals surface area contributed by atoms with Gasteiger partial charge in [0.2, 0.25) is 12.5 Å². The minimum Gasteiger partial charge on any atom is -0.463 e. The molecule has 3 heterocycles. The van der Waals surface area contributed by atoms with E-state index in [0.717, 1.165) is 11.3 Å². The number of pyridine rings is 1. The van der Waals surface area contributed by atoms with Gasteiger partial charge >= 0.3 is 0 Å². The van der Waals surface area contributed by atoms with Gasteiger partial charge in [-0.25, -0.2) is 4.98 Å². The number of aliphatic hydroxyl groups excluding tert-OH is 1. The number of ether oxygens (including phenoxy) is 1. The van der Waals surface area contributed by atoms with Gasteiger partial charge in [-0.1, -0.05) is 0 Å². The van der Waals surface area contributed by atoms with Crippen molar-refractivity contribution in [2.45, 2.75) is 12.5 Å². The van der Waals surface area contributed by atoms with Crippen LogP contribution in [0.1, 0.15) is 9.67 Å². The number of carbonyl (C=O) groups excluding carboxylic acids is 2. The average molecular weight is 426 g/mol. The first-order chi connectivity index (χ1) is 12.0. The SMILES string of the molecule is O=C(NC(Oc1c[nH]c2ncccc12)C(O)O)C(=O)c1ccc(Br)s1. The van der Waals surface area contributed by atoms with Crippen molar-refractivity contribution in [3.05, 3.63) is 45.3 Å². The Kier molecular flexibility index (Phi) is 5.13. The molecule has 0 aromatic carbocycles. The molecule has 1 amide bonds. The summed E-state index contributed by atoms with van der Waals surface area (Å²) in [6.45, 7) is 0. The third-order valence-corrected chi connectivity index (χ3v) is 4.84. The van der Waals surface area contributed by atoms with E-state index in [4.69, 9.17) is 4.74 Å². The fourth-order valence-electron chi connectivity index (χ4n) is 2.07. The van der Waals surface area contributed by atoms with Gasteiger partial charge in [0.15, 0.2) is 0 Å². The zero-order chi connectivity index (χ0) is 18.0. The van der Waals surface area contributed by atoms with Gasteiger partial charge in [0.25, 0.3) is 11.7 Å². The van der Waals surface area contributed by atoms with Gasteiger partial charge in [0.1, 0.15) is 11.4 Å². The Morgan fingerprint density at radius 1 is 1.32 bits per heavy atom. The topological polar surface area (TPSA) is 125 Å². The predicted molar refractivity (Wildman–Crippen MR) is 93.2 cm³/mol. The van der Waals surface area contributed by atoms with E-state index in [-0.39, 0.29) is 10.6 Å². The number of hydrogen-bond acceptors (Lipinski definition) is 7. The van der Waals surface area contributed by atoms with E-state index in [0.29, 0.717) is 14.8 Å². The Bertz CT molecular complexity index is 923. The molecule has 0 aliphatic carbocycles. The van der Waals surface area contributed by atoms with E-state index in [2.05, 4.69) is 31.2 Å². The Labute approximate surface area is 153 Å². The number of ketones is 1. The highest BCUT2D eigenvalue weighted by molar-refractivity contribution is 9.11. The highest BCUT2D eigenvalue weighted by Crippen LogP contribution is 2.25. The molecule has 10 heteroatoms. The zero-order valence-electron chi connectivity index (χ0n) is 12.5. The summed E-state index contributed by atoms with van der Waals surface area (Å²) >= 11 is 4.30. The molecule has 4 N–H and O–H groups in total. The summed E-state index contributed by atoms with van der Waals surface area (Å²) in [4.78, 5) is 31.3. The van der Waals surface area contributed by atoms with Crippen LogP contribution in [-0.2, 0) is 4.79 Å². The van der Waals surface area contributed by atoms with E-state index in [1.165, 1.54) is 12.3 Å². The molecule has 0 radical (unpaired) electrons. The first kappa shape index (κ1) is 17.5. The molecule has 3 rings (SSSR count). The molecule has 1 unspecified atom stereocenters. The fourth-order valence-corrected chi connectivity index (χ4v) is 3.40. The van der Waals surface area contributed by atoms with Crippen LogP contribution in [0.3, 0.4) is 0 Å². The molecule has 8 nitrogen and oxygen atoms in total. The number of fused-ring (bicyclic) bond motifs is 1. The summed E-state index contributed by atoms with van der Waals surface area (Å²) in [6, 6.07) is 6.53. The number of H-pyrrole nitrogens is 1. The third kappa shape index (κ3) is 3.87. The number of Topliss-reactive ketones (excluding diaryl/α,β-unsaturated/α-hetero) is 1. The van der Waals surface area contributed by atoms with Crippen LogP contribution in [0.15, 0.2) is 40.4 Å². The minimum absolute atomic E-state index is 0.215. The van der Waals surface area contributed by atoms with Crippen molar-refractivity contribution < 1.29 is 24.5 Å². The Hall–Kier alpha value is -2.27. The van der Waals surface area contributed by atoms with Gasteiger partial charge in [-0.2, -0.15) is 0 Å². The summed E-state index contributed by atoms with van der Waals surface area (Å²) < 4.78 is 6.13. The second-order valence-corrected chi connectivity index (χ2v) is 7.37. The van der Waals surface area contributed by atoms with Gasteiger partial charge < -0.3 is 25.3 Å². The van der Waals surface area contributed by atoms with Crippen molar-refractivity contribution in [2.75, 3.05) is 0 Å². The van der Waals surface area contributed by atoms with E-state index in [1.807, 2.05) is 0 Å². The number of halogens is 1. The second-order valence-electron chi connectivity index (χ2n) is 4.91. The first-order valence-electron chi connectivity index (χ1n) is 7.01. The van der Waals surface area contributed by atoms with Crippen LogP contribution in [0, 0.1) is 0 Å². The lowest BCUT2D eigenvalue weighted by molar-refractivity contribution is -0.139. The molecule has 0 bridgehead atoms. The molecule has 0 saturated carbocycles. The van der Waals surface area contributed by atoms with Crippen LogP contribution in [0.5, 0.6) is 5.75 Å². The van der Waals surface area contributed by atoms with Crippen molar-refractivity contribution in [3.8, 4) is 5.75 Å². The third-order valence-electron chi connectivity index (χ3n) is 3.21. The van der Waals surface area contributed by atoms with Crippen LogP contribution in [-0.4, -0.2) is 44.4 Å². The molecule has 0 aliphatic heterocycles. The maximum Gasteiger partial charge on any atom is 0.296 e. The summed E-state index contributed by atoms with van der Waals surface area (Å²) in [7, 11) is 0. The number of aromatic amines is 1. The smallest absolute Gasteiger partial charge is 0.296 e. The number of nitrogens with one attached hydrogen (secondary N) is 2. The highest BCUT2D eigenvalue weighted by Gasteiger charge is 2.27. The maximum absolute atomic E-state index is 12.1. The minimum atomic E-state index is -2.03. The van der Waals surface area contributed by atoms with Crippen molar-refractivity contribution in [2.24, 2.45) is 0 Å². The molecule has 0 aliphatic rings. The highest BCUT2D eigenvalue weighted by atomic mass is 79.9. The van der Waals surface area contributed by atoms with Gasteiger partial charge in [-0.05, 0) is 40.2 Å². The molecule has 0 saturated heterocycles. The Morgan fingerprint density at radius 3 is 2.80 bits per heavy atom. The van der Waals surface area contributed by atoms with E-state index in [9.17, 15) is 19.8 Å². The number of carbonyl (C=O) groups is 2. The number of thiophene rings is 1. The average Bonchev–Trinajstić information content (AvgIpc) is 3.20. The van der Waals surface area contributed by atoms with Crippen LogP contribution < -0.4 is 10.1 Å². The van der Waals surface area contributed by atoms with Crippen LogP contribution in [0.25, 0.3) is 11.0 Å². The number of hydrogen-bond donors (Lipinski definition) is 4. The first-order valence-corrected chi connectivity index (χ1v) is 8.62. The maximum atomic E-state index is 12.1. The van der Waals surface area contributed by atoms with Crippen LogP contribution >= 0.6 is 27.3 Å². The predicted octanol–water partition coefficient (Wildman–Crippen LogP) is 1.40. The van der Waals surface area contributed by atoms with E-state index >= 15 is 0 Å². The summed E-state index contributed by atoms with van der Waals surface area (Å²) in [5.41, 5.74) is 0.537. The van der Waals surface area contributed by atoms with E-state index < -0.39 is 24.2 Å². The van der Waals surface area contributed by atoms with Gasteiger partial charge in [0.05, 0.1) is 14.0 Å². The number of aliphatic hydroxyl groups is 2. The standard InChI is InChI=1S/C15H12BrN3O5S/c16-10-4-3-9(25-10)11(20)13(21)19-14(15(22)23)24-8-6-18-12-7(8)2-1-5-17-12/h1-6,14-15,22-23H,(H,17,18)(H,19,21).